The van der Waals surface area contributed by atoms with Crippen LogP contribution in [0.15, 0.2) is 35.0 Å². The Morgan fingerprint density at radius 1 is 1.20 bits per heavy atom. The smallest absolute Gasteiger partial charge is 0.354 e. The van der Waals surface area contributed by atoms with Crippen LogP contribution in [0.25, 0.3) is 11.5 Å². The lowest BCUT2D eigenvalue weighted by molar-refractivity contribution is -0.142. The molecule has 0 aliphatic rings. The zero-order chi connectivity index (χ0) is 10.9. The van der Waals surface area contributed by atoms with Crippen molar-refractivity contribution in [3.8, 4) is 11.5 Å². The Morgan fingerprint density at radius 2 is 2.00 bits per heavy atom. The van der Waals surface area contributed by atoms with Crippen molar-refractivity contribution < 1.29 is 17.7 Å². The second kappa shape index (κ2) is 3.38. The highest BCUT2D eigenvalue weighted by molar-refractivity contribution is 5.51. The maximum atomic E-state index is 12.2. The fourth-order valence-corrected chi connectivity index (χ4v) is 1.04. The molecule has 0 aliphatic heterocycles. The molecule has 0 amide bonds. The fraction of sp³-hybridized carbons (Fsp3) is 0.111. The predicted octanol–water partition coefficient (Wildman–Crippen LogP) is 2.76. The van der Waals surface area contributed by atoms with Crippen LogP contribution < -0.4 is 0 Å². The van der Waals surface area contributed by atoms with Crippen molar-refractivity contribution >= 4 is 0 Å². The molecule has 6 heteroatoms. The van der Waals surface area contributed by atoms with Crippen LogP contribution in [-0.2, 0) is 6.18 Å². The minimum absolute atomic E-state index is 0.00271. The molecule has 0 atom stereocenters. The van der Waals surface area contributed by atoms with E-state index in [2.05, 4.69) is 14.7 Å². The van der Waals surface area contributed by atoms with E-state index in [0.29, 0.717) is 5.69 Å². The molecule has 0 saturated heterocycles. The first-order chi connectivity index (χ1) is 7.07. The highest BCUT2D eigenvalue weighted by atomic mass is 19.4. The molecule has 0 bridgehead atoms. The van der Waals surface area contributed by atoms with Crippen LogP contribution in [-0.4, -0.2) is 10.1 Å². The average molecular weight is 214 g/mol. The van der Waals surface area contributed by atoms with E-state index >= 15 is 0 Å². The van der Waals surface area contributed by atoms with E-state index in [0.717, 1.165) is 6.07 Å². The number of rotatable bonds is 1. The molecule has 15 heavy (non-hydrogen) atoms. The van der Waals surface area contributed by atoms with Gasteiger partial charge in [-0.05, 0) is 12.1 Å². The van der Waals surface area contributed by atoms with Crippen LogP contribution in [0.2, 0.25) is 0 Å². The monoisotopic (exact) mass is 214 g/mol. The Morgan fingerprint density at radius 3 is 2.53 bits per heavy atom. The third-order valence-electron chi connectivity index (χ3n) is 1.72. The summed E-state index contributed by atoms with van der Waals surface area (Å²) in [7, 11) is 0. The van der Waals surface area contributed by atoms with Crippen molar-refractivity contribution in [2.24, 2.45) is 0 Å². The normalized spacial score (nSPS) is 11.7. The van der Waals surface area contributed by atoms with Crippen LogP contribution in [0.5, 0.6) is 0 Å². The molecule has 2 aromatic rings. The SMILES string of the molecule is FC(F)(F)c1cc(-c2ccccn2)on1. The third kappa shape index (κ3) is 1.98. The summed E-state index contributed by atoms with van der Waals surface area (Å²) in [4.78, 5) is 3.84. The topological polar surface area (TPSA) is 38.9 Å². The van der Waals surface area contributed by atoms with Crippen LogP contribution in [0.1, 0.15) is 5.69 Å². The Hall–Kier alpha value is -1.85. The van der Waals surface area contributed by atoms with Gasteiger partial charge in [0.1, 0.15) is 5.69 Å². The van der Waals surface area contributed by atoms with Gasteiger partial charge in [-0.3, -0.25) is 4.98 Å². The van der Waals surface area contributed by atoms with Crippen LogP contribution in [0.3, 0.4) is 0 Å². The van der Waals surface area contributed by atoms with Gasteiger partial charge < -0.3 is 4.52 Å². The number of aromatic nitrogens is 2. The highest BCUT2D eigenvalue weighted by Crippen LogP contribution is 2.30. The van der Waals surface area contributed by atoms with E-state index in [4.69, 9.17) is 0 Å². The minimum Gasteiger partial charge on any atom is -0.354 e. The number of alkyl halides is 3. The van der Waals surface area contributed by atoms with Gasteiger partial charge in [-0.25, -0.2) is 0 Å². The summed E-state index contributed by atoms with van der Waals surface area (Å²) < 4.78 is 41.1. The number of hydrogen-bond donors (Lipinski definition) is 0. The van der Waals surface area contributed by atoms with Crippen molar-refractivity contribution in [1.82, 2.24) is 10.1 Å². The van der Waals surface area contributed by atoms with Gasteiger partial charge in [0.25, 0.3) is 0 Å². The third-order valence-corrected chi connectivity index (χ3v) is 1.72. The minimum atomic E-state index is -4.49. The summed E-state index contributed by atoms with van der Waals surface area (Å²) in [5.41, 5.74) is -0.733. The lowest BCUT2D eigenvalue weighted by Gasteiger charge is -1.97. The van der Waals surface area contributed by atoms with Gasteiger partial charge >= 0.3 is 6.18 Å². The quantitative estimate of drug-likeness (QED) is 0.732. The molecular formula is C9H5F3N2O. The van der Waals surface area contributed by atoms with Crippen LogP contribution >= 0.6 is 0 Å². The molecule has 0 saturated carbocycles. The van der Waals surface area contributed by atoms with E-state index in [1.807, 2.05) is 0 Å². The molecule has 0 fully saturated rings. The van der Waals surface area contributed by atoms with E-state index in [1.54, 1.807) is 18.2 Å². The molecule has 0 aromatic carbocycles. The maximum Gasteiger partial charge on any atom is 0.436 e. The molecule has 2 aromatic heterocycles. The first kappa shape index (κ1) is 9.70. The number of pyridine rings is 1. The molecule has 2 heterocycles. The van der Waals surface area contributed by atoms with Gasteiger partial charge in [0.15, 0.2) is 11.5 Å². The molecule has 0 radical (unpaired) electrons. The number of halogens is 3. The average Bonchev–Trinajstić information content (AvgIpc) is 2.67. The number of hydrogen-bond acceptors (Lipinski definition) is 3. The molecule has 78 valence electrons. The molecule has 2 rings (SSSR count). The first-order valence-electron chi connectivity index (χ1n) is 4.03. The van der Waals surface area contributed by atoms with Crippen LogP contribution in [0.4, 0.5) is 13.2 Å². The lowest BCUT2D eigenvalue weighted by Crippen LogP contribution is -2.04. The standard InChI is InChI=1S/C9H5F3N2O/c10-9(11,12)8-5-7(15-14-8)6-3-1-2-4-13-6/h1-5H. The Labute approximate surface area is 82.5 Å². The zero-order valence-corrected chi connectivity index (χ0v) is 7.32. The molecular weight excluding hydrogens is 209 g/mol. The molecule has 0 unspecified atom stereocenters. The Bertz CT molecular complexity index is 450. The summed E-state index contributed by atoms with van der Waals surface area (Å²) in [5, 5.41) is 2.92. The van der Waals surface area contributed by atoms with Gasteiger partial charge in [-0.1, -0.05) is 11.2 Å². The number of nitrogens with zero attached hydrogens (tertiary/aromatic N) is 2. The van der Waals surface area contributed by atoms with Crippen molar-refractivity contribution in [2.45, 2.75) is 6.18 Å². The summed E-state index contributed by atoms with van der Waals surface area (Å²) in [6.07, 6.45) is -3.03. The molecule has 0 N–H and O–H groups in total. The fourth-order valence-electron chi connectivity index (χ4n) is 1.04. The summed E-state index contributed by atoms with van der Waals surface area (Å²) in [6.45, 7) is 0. The van der Waals surface area contributed by atoms with E-state index in [-0.39, 0.29) is 5.76 Å². The Balaban J connectivity index is 2.37. The van der Waals surface area contributed by atoms with Gasteiger partial charge in [-0.15, -0.1) is 0 Å². The second-order valence-corrected chi connectivity index (χ2v) is 2.79. The van der Waals surface area contributed by atoms with Gasteiger partial charge in [0, 0.05) is 12.3 Å². The van der Waals surface area contributed by atoms with E-state index in [9.17, 15) is 13.2 Å². The largest absolute Gasteiger partial charge is 0.436 e. The van der Waals surface area contributed by atoms with Crippen molar-refractivity contribution in [3.05, 3.63) is 36.2 Å². The van der Waals surface area contributed by atoms with Gasteiger partial charge in [-0.2, -0.15) is 13.2 Å². The van der Waals surface area contributed by atoms with E-state index < -0.39 is 11.9 Å². The Kier molecular flexibility index (Phi) is 2.18. The summed E-state index contributed by atoms with van der Waals surface area (Å²) in [5.74, 6) is 0.00271. The van der Waals surface area contributed by atoms with Gasteiger partial charge in [0.05, 0.1) is 0 Å². The van der Waals surface area contributed by atoms with E-state index in [1.165, 1.54) is 6.20 Å². The van der Waals surface area contributed by atoms with Crippen molar-refractivity contribution in [1.29, 1.82) is 0 Å². The molecule has 0 aliphatic carbocycles. The zero-order valence-electron chi connectivity index (χ0n) is 7.32. The maximum absolute atomic E-state index is 12.2. The highest BCUT2D eigenvalue weighted by Gasteiger charge is 2.35. The van der Waals surface area contributed by atoms with Gasteiger partial charge in [0.2, 0.25) is 0 Å². The second-order valence-electron chi connectivity index (χ2n) is 2.79. The lowest BCUT2D eigenvalue weighted by atomic mass is 10.2. The van der Waals surface area contributed by atoms with Crippen molar-refractivity contribution in [3.63, 3.8) is 0 Å². The summed E-state index contributed by atoms with van der Waals surface area (Å²) in [6, 6.07) is 5.67. The predicted molar refractivity (Wildman–Crippen MR) is 44.7 cm³/mol. The molecule has 0 spiro atoms. The first-order valence-corrected chi connectivity index (χ1v) is 4.03. The van der Waals surface area contributed by atoms with Crippen molar-refractivity contribution in [2.75, 3.05) is 0 Å². The van der Waals surface area contributed by atoms with Crippen LogP contribution in [0, 0.1) is 0 Å². The summed E-state index contributed by atoms with van der Waals surface area (Å²) >= 11 is 0. The molecule has 3 nitrogen and oxygen atoms in total.